The van der Waals surface area contributed by atoms with Crippen molar-refractivity contribution in [2.45, 2.75) is 38.1 Å². The highest BCUT2D eigenvalue weighted by atomic mass is 16.2. The molecule has 25 heavy (non-hydrogen) atoms. The Morgan fingerprint density at radius 2 is 1.80 bits per heavy atom. The van der Waals surface area contributed by atoms with E-state index in [1.165, 1.54) is 0 Å². The molecule has 2 fully saturated rings. The van der Waals surface area contributed by atoms with E-state index in [1.807, 2.05) is 0 Å². The van der Waals surface area contributed by atoms with Crippen LogP contribution in [0.15, 0.2) is 9.59 Å². The van der Waals surface area contributed by atoms with Crippen molar-refractivity contribution in [3.8, 4) is 0 Å². The highest BCUT2D eigenvalue weighted by molar-refractivity contribution is 6.07. The van der Waals surface area contributed by atoms with Crippen molar-refractivity contribution in [1.82, 2.24) is 25.5 Å². The second-order valence-electron chi connectivity index (χ2n) is 6.38. The van der Waals surface area contributed by atoms with Crippen LogP contribution in [-0.4, -0.2) is 51.3 Å². The van der Waals surface area contributed by atoms with Crippen LogP contribution in [0.5, 0.6) is 0 Å². The van der Waals surface area contributed by atoms with Gasteiger partial charge in [-0.15, -0.1) is 0 Å². The van der Waals surface area contributed by atoms with Gasteiger partial charge in [0.25, 0.3) is 11.5 Å². The van der Waals surface area contributed by atoms with Crippen molar-refractivity contribution in [2.75, 3.05) is 13.1 Å². The lowest BCUT2D eigenvalue weighted by molar-refractivity contribution is -0.135. The summed E-state index contributed by atoms with van der Waals surface area (Å²) in [5, 5.41) is 4.87. The number of hydrogen-bond donors (Lipinski definition) is 4. The van der Waals surface area contributed by atoms with E-state index in [9.17, 15) is 24.0 Å². The monoisotopic (exact) mass is 349 g/mol. The van der Waals surface area contributed by atoms with E-state index in [0.29, 0.717) is 37.2 Å². The highest BCUT2D eigenvalue weighted by Crippen LogP contribution is 2.25. The first kappa shape index (κ1) is 16.9. The number of carbonyl (C=O) groups excluding carboxylic acids is 3. The third-order valence-electron chi connectivity index (χ3n) is 4.83. The van der Waals surface area contributed by atoms with Crippen LogP contribution in [0.3, 0.4) is 0 Å². The molecule has 1 aromatic rings. The molecule has 3 heterocycles. The molecule has 4 N–H and O–H groups in total. The fourth-order valence-electron chi connectivity index (χ4n) is 3.33. The molecule has 0 unspecified atom stereocenters. The molecule has 134 valence electrons. The number of likely N-dealkylation sites (tertiary alicyclic amines) is 1. The zero-order chi connectivity index (χ0) is 18.2. The summed E-state index contributed by atoms with van der Waals surface area (Å²) in [4.78, 5) is 64.8. The van der Waals surface area contributed by atoms with E-state index in [1.54, 1.807) is 11.8 Å². The number of hydrogen-bond acceptors (Lipinski definition) is 5. The molecule has 2 aliphatic rings. The Morgan fingerprint density at radius 3 is 2.36 bits per heavy atom. The number of urea groups is 1. The fraction of sp³-hybridized carbons (Fsp3) is 0.533. The predicted molar refractivity (Wildman–Crippen MR) is 86.0 cm³/mol. The Kier molecular flexibility index (Phi) is 4.19. The zero-order valence-corrected chi connectivity index (χ0v) is 13.7. The number of imide groups is 1. The molecule has 0 radical (unpaired) electrons. The zero-order valence-electron chi connectivity index (χ0n) is 13.7. The summed E-state index contributed by atoms with van der Waals surface area (Å²) >= 11 is 0. The Bertz CT molecular complexity index is 847. The van der Waals surface area contributed by atoms with Crippen LogP contribution in [0, 0.1) is 6.92 Å². The first-order valence-corrected chi connectivity index (χ1v) is 8.04. The summed E-state index contributed by atoms with van der Waals surface area (Å²) in [6.07, 6.45) is 1.06. The molecular formula is C15H19N5O5. The molecule has 1 spiro atoms. The smallest absolute Gasteiger partial charge is 0.325 e. The summed E-state index contributed by atoms with van der Waals surface area (Å²) in [5.74, 6) is -0.482. The minimum Gasteiger partial charge on any atom is -0.342 e. The average Bonchev–Trinajstić information content (AvgIpc) is 2.80. The molecule has 0 aliphatic carbocycles. The van der Waals surface area contributed by atoms with Gasteiger partial charge < -0.3 is 15.2 Å². The number of nitrogens with zero attached hydrogens (tertiary/aromatic N) is 1. The van der Waals surface area contributed by atoms with Crippen LogP contribution in [0.4, 0.5) is 4.79 Å². The highest BCUT2D eigenvalue weighted by Gasteiger charge is 2.48. The summed E-state index contributed by atoms with van der Waals surface area (Å²) in [6, 6.07) is -0.502. The Balaban J connectivity index is 1.59. The minimum absolute atomic E-state index is 0.127. The number of carbonyl (C=O) groups is 3. The maximum atomic E-state index is 12.4. The van der Waals surface area contributed by atoms with E-state index in [2.05, 4.69) is 20.6 Å². The van der Waals surface area contributed by atoms with Crippen molar-refractivity contribution >= 4 is 17.8 Å². The fourth-order valence-corrected chi connectivity index (χ4v) is 3.33. The summed E-state index contributed by atoms with van der Waals surface area (Å²) < 4.78 is 0. The van der Waals surface area contributed by atoms with E-state index < -0.39 is 22.8 Å². The summed E-state index contributed by atoms with van der Waals surface area (Å²) in [5.41, 5.74) is -1.15. The molecule has 0 saturated carbocycles. The predicted octanol–water partition coefficient (Wildman–Crippen LogP) is -1.50. The second-order valence-corrected chi connectivity index (χ2v) is 6.38. The van der Waals surface area contributed by atoms with Crippen LogP contribution < -0.4 is 21.9 Å². The molecule has 2 aliphatic heterocycles. The Morgan fingerprint density at radius 1 is 1.12 bits per heavy atom. The number of piperidine rings is 1. The molecule has 4 amide bonds. The van der Waals surface area contributed by atoms with E-state index in [4.69, 9.17) is 0 Å². The van der Waals surface area contributed by atoms with Gasteiger partial charge in [-0.2, -0.15) is 0 Å². The van der Waals surface area contributed by atoms with Gasteiger partial charge in [0.05, 0.1) is 0 Å². The van der Waals surface area contributed by atoms with Crippen LogP contribution in [-0.2, 0) is 16.0 Å². The molecule has 1 aromatic heterocycles. The standard InChI is InChI=1S/C15H19N5O5/c1-8-9(11(22)17-13(24)16-8)2-3-10(21)20-6-4-15(5-7-20)12(23)18-14(25)19-15/h2-7H2,1H3,(H2,16,17,22,24)(H2,18,19,23,25). The van der Waals surface area contributed by atoms with Gasteiger partial charge >= 0.3 is 11.7 Å². The van der Waals surface area contributed by atoms with Gasteiger partial charge in [0.1, 0.15) is 5.54 Å². The lowest BCUT2D eigenvalue weighted by Crippen LogP contribution is -2.55. The van der Waals surface area contributed by atoms with Gasteiger partial charge in [0.2, 0.25) is 5.91 Å². The van der Waals surface area contributed by atoms with Crippen LogP contribution >= 0.6 is 0 Å². The maximum absolute atomic E-state index is 12.4. The van der Waals surface area contributed by atoms with Crippen molar-refractivity contribution in [1.29, 1.82) is 0 Å². The van der Waals surface area contributed by atoms with Gasteiger partial charge in [-0.05, 0) is 26.2 Å². The first-order valence-electron chi connectivity index (χ1n) is 8.04. The van der Waals surface area contributed by atoms with Gasteiger partial charge in [-0.3, -0.25) is 24.7 Å². The van der Waals surface area contributed by atoms with Crippen molar-refractivity contribution in [3.05, 3.63) is 32.1 Å². The number of rotatable bonds is 3. The molecule has 10 nitrogen and oxygen atoms in total. The van der Waals surface area contributed by atoms with Crippen molar-refractivity contribution in [3.63, 3.8) is 0 Å². The van der Waals surface area contributed by atoms with Gasteiger partial charge in [0.15, 0.2) is 0 Å². The molecule has 2 saturated heterocycles. The Labute approximate surface area is 142 Å². The van der Waals surface area contributed by atoms with E-state index >= 15 is 0 Å². The first-order chi connectivity index (χ1) is 11.8. The van der Waals surface area contributed by atoms with Crippen LogP contribution in [0.1, 0.15) is 30.5 Å². The molecule has 0 aromatic carbocycles. The number of H-pyrrole nitrogens is 2. The largest absolute Gasteiger partial charge is 0.342 e. The SMILES string of the molecule is Cc1[nH]c(=O)[nH]c(=O)c1CCC(=O)N1CCC2(CC1)NC(=O)NC2=O. The molecule has 10 heteroatoms. The van der Waals surface area contributed by atoms with Gasteiger partial charge in [0, 0.05) is 30.8 Å². The Hall–Kier alpha value is -2.91. The van der Waals surface area contributed by atoms with Gasteiger partial charge in [-0.25, -0.2) is 9.59 Å². The lowest BCUT2D eigenvalue weighted by Gasteiger charge is -2.37. The second kappa shape index (κ2) is 6.19. The summed E-state index contributed by atoms with van der Waals surface area (Å²) in [7, 11) is 0. The van der Waals surface area contributed by atoms with Crippen LogP contribution in [0.2, 0.25) is 0 Å². The third kappa shape index (κ3) is 3.19. The number of amides is 4. The average molecular weight is 349 g/mol. The molecule has 0 bridgehead atoms. The van der Waals surface area contributed by atoms with Crippen molar-refractivity contribution < 1.29 is 14.4 Å². The minimum atomic E-state index is -0.916. The number of aromatic amines is 2. The maximum Gasteiger partial charge on any atom is 0.325 e. The van der Waals surface area contributed by atoms with Crippen LogP contribution in [0.25, 0.3) is 0 Å². The van der Waals surface area contributed by atoms with E-state index in [-0.39, 0.29) is 24.7 Å². The molecular weight excluding hydrogens is 330 g/mol. The topological polar surface area (TPSA) is 144 Å². The number of aromatic nitrogens is 2. The third-order valence-corrected chi connectivity index (χ3v) is 4.83. The number of nitrogens with one attached hydrogen (secondary N) is 4. The van der Waals surface area contributed by atoms with E-state index in [0.717, 1.165) is 0 Å². The molecule has 3 rings (SSSR count). The normalized spacial score (nSPS) is 19.0. The lowest BCUT2D eigenvalue weighted by atomic mass is 9.87. The quantitative estimate of drug-likeness (QED) is 0.491. The van der Waals surface area contributed by atoms with Gasteiger partial charge in [-0.1, -0.05) is 0 Å². The number of aryl methyl sites for hydroxylation is 1. The molecule has 0 atom stereocenters. The van der Waals surface area contributed by atoms with Crippen molar-refractivity contribution in [2.24, 2.45) is 0 Å². The summed E-state index contributed by atoms with van der Waals surface area (Å²) in [6.45, 7) is 2.32.